The van der Waals surface area contributed by atoms with E-state index in [1.165, 1.54) is 0 Å². The van der Waals surface area contributed by atoms with Crippen LogP contribution in [0.5, 0.6) is 11.6 Å². The number of ether oxygens (including phenoxy) is 2. The fraction of sp³-hybridized carbons (Fsp3) is 0.444. The van der Waals surface area contributed by atoms with Gasteiger partial charge in [-0.05, 0) is 0 Å². The number of aromatic nitrogens is 1. The van der Waals surface area contributed by atoms with Gasteiger partial charge in [-0.15, -0.1) is 24.8 Å². The first-order valence-corrected chi connectivity index (χ1v) is 5.08. The molecule has 0 aliphatic heterocycles. The number of halogens is 7. The van der Waals surface area contributed by atoms with E-state index >= 15 is 0 Å². The summed E-state index contributed by atoms with van der Waals surface area (Å²) in [5.74, 6) is -2.49. The van der Waals surface area contributed by atoms with Crippen LogP contribution in [0.2, 0.25) is 0 Å². The van der Waals surface area contributed by atoms with Gasteiger partial charge in [-0.3, -0.25) is 0 Å². The normalized spacial score (nSPS) is 12.4. The van der Waals surface area contributed by atoms with Crippen molar-refractivity contribution in [1.29, 1.82) is 0 Å². The van der Waals surface area contributed by atoms with E-state index in [0.717, 1.165) is 7.11 Å². The maximum atomic E-state index is 12.6. The van der Waals surface area contributed by atoms with Crippen molar-refractivity contribution in [3.05, 3.63) is 17.3 Å². The van der Waals surface area contributed by atoms with Crippen LogP contribution in [-0.4, -0.2) is 18.5 Å². The Morgan fingerprint density at radius 3 is 2.16 bits per heavy atom. The van der Waals surface area contributed by atoms with Gasteiger partial charge in [0.1, 0.15) is 0 Å². The van der Waals surface area contributed by atoms with Crippen LogP contribution < -0.4 is 9.47 Å². The number of hydrogen-bond donors (Lipinski definition) is 0. The zero-order valence-electron chi connectivity index (χ0n) is 9.19. The fourth-order valence-corrected chi connectivity index (χ4v) is 1.45. The maximum absolute atomic E-state index is 12.6. The molecule has 0 saturated heterocycles. The van der Waals surface area contributed by atoms with Crippen molar-refractivity contribution in [2.45, 2.75) is 18.4 Å². The van der Waals surface area contributed by atoms with Gasteiger partial charge in [0.25, 0.3) is 0 Å². The van der Waals surface area contributed by atoms with Crippen molar-refractivity contribution >= 4 is 11.6 Å². The summed E-state index contributed by atoms with van der Waals surface area (Å²) in [6.45, 7) is 0. The quantitative estimate of drug-likeness (QED) is 0.629. The van der Waals surface area contributed by atoms with Crippen molar-refractivity contribution in [3.63, 3.8) is 0 Å². The Morgan fingerprint density at radius 1 is 1.21 bits per heavy atom. The van der Waals surface area contributed by atoms with Crippen LogP contribution in [0.4, 0.5) is 26.3 Å². The molecule has 0 radical (unpaired) electrons. The molecule has 1 heterocycles. The summed E-state index contributed by atoms with van der Waals surface area (Å²) < 4.78 is 81.7. The highest BCUT2D eigenvalue weighted by molar-refractivity contribution is 6.17. The molecule has 0 aliphatic rings. The zero-order valence-corrected chi connectivity index (χ0v) is 9.95. The molecule has 0 amide bonds. The van der Waals surface area contributed by atoms with Crippen molar-refractivity contribution < 1.29 is 35.8 Å². The monoisotopic (exact) mass is 309 g/mol. The van der Waals surface area contributed by atoms with Gasteiger partial charge >= 0.3 is 12.5 Å². The lowest BCUT2D eigenvalue weighted by molar-refractivity contribution is -0.276. The van der Waals surface area contributed by atoms with E-state index in [4.69, 9.17) is 11.6 Å². The minimum absolute atomic E-state index is 0.314. The Bertz CT molecular complexity index is 459. The molecule has 0 spiro atoms. The van der Waals surface area contributed by atoms with E-state index in [1.807, 2.05) is 0 Å². The number of nitrogens with zero attached hydrogens (tertiary/aromatic N) is 1. The number of methoxy groups -OCH3 is 1. The van der Waals surface area contributed by atoms with Crippen LogP contribution in [0.25, 0.3) is 0 Å². The average molecular weight is 310 g/mol. The molecular formula is C9H6ClF6NO2. The van der Waals surface area contributed by atoms with Crippen molar-refractivity contribution in [2.75, 3.05) is 7.11 Å². The van der Waals surface area contributed by atoms with Crippen molar-refractivity contribution in [2.24, 2.45) is 0 Å². The third-order valence-corrected chi connectivity index (χ3v) is 2.15. The second kappa shape index (κ2) is 5.32. The molecule has 10 heteroatoms. The van der Waals surface area contributed by atoms with Crippen LogP contribution in [-0.2, 0) is 12.1 Å². The van der Waals surface area contributed by atoms with Gasteiger partial charge in [-0.25, -0.2) is 4.98 Å². The number of pyridine rings is 1. The fourth-order valence-electron chi connectivity index (χ4n) is 1.25. The Morgan fingerprint density at radius 2 is 1.79 bits per heavy atom. The van der Waals surface area contributed by atoms with E-state index in [0.29, 0.717) is 6.07 Å². The number of hydrogen-bond acceptors (Lipinski definition) is 3. The molecule has 1 aromatic heterocycles. The maximum Gasteiger partial charge on any atom is 0.574 e. The topological polar surface area (TPSA) is 31.4 Å². The molecular weight excluding hydrogens is 304 g/mol. The Hall–Kier alpha value is -1.38. The predicted octanol–water partition coefficient (Wildman–Crippen LogP) is 3.75. The summed E-state index contributed by atoms with van der Waals surface area (Å²) >= 11 is 5.36. The molecule has 0 aromatic carbocycles. The van der Waals surface area contributed by atoms with E-state index in [-0.39, 0.29) is 5.56 Å². The molecule has 0 fully saturated rings. The second-order valence-electron chi connectivity index (χ2n) is 3.18. The molecule has 0 bridgehead atoms. The van der Waals surface area contributed by atoms with Crippen LogP contribution in [0.3, 0.4) is 0 Å². The first-order valence-electron chi connectivity index (χ1n) is 4.55. The first kappa shape index (κ1) is 15.7. The smallest absolute Gasteiger partial charge is 0.494 e. The molecule has 19 heavy (non-hydrogen) atoms. The minimum atomic E-state index is -5.16. The highest BCUT2D eigenvalue weighted by Crippen LogP contribution is 2.39. The molecule has 0 unspecified atom stereocenters. The average Bonchev–Trinajstić information content (AvgIpc) is 2.24. The van der Waals surface area contributed by atoms with Crippen LogP contribution in [0.1, 0.15) is 11.3 Å². The van der Waals surface area contributed by atoms with Gasteiger partial charge in [0.15, 0.2) is 11.4 Å². The molecule has 0 saturated carbocycles. The summed E-state index contributed by atoms with van der Waals surface area (Å²) in [7, 11) is 0.923. The largest absolute Gasteiger partial charge is 0.574 e. The van der Waals surface area contributed by atoms with Gasteiger partial charge in [-0.1, -0.05) is 0 Å². The highest BCUT2D eigenvalue weighted by Gasteiger charge is 2.40. The molecule has 1 aromatic rings. The molecule has 1 rings (SSSR count). The molecule has 108 valence electrons. The third-order valence-electron chi connectivity index (χ3n) is 1.86. The van der Waals surface area contributed by atoms with Crippen LogP contribution >= 0.6 is 11.6 Å². The number of rotatable bonds is 3. The second-order valence-corrected chi connectivity index (χ2v) is 3.45. The Kier molecular flexibility index (Phi) is 4.39. The third kappa shape index (κ3) is 4.05. The summed E-state index contributed by atoms with van der Waals surface area (Å²) in [5.41, 5.74) is -1.95. The summed E-state index contributed by atoms with van der Waals surface area (Å²) in [5, 5.41) is 0. The Balaban J connectivity index is 3.39. The standard InChI is InChI=1S/C9H6ClF6NO2/c1-18-6-4(3-10)2-5(19-9(14,15)16)17-7(6)8(11,12)13/h2H,3H2,1H3. The zero-order chi connectivity index (χ0) is 14.8. The number of alkyl halides is 7. The highest BCUT2D eigenvalue weighted by atomic mass is 35.5. The summed E-state index contributed by atoms with van der Waals surface area (Å²) in [6.07, 6.45) is -10.2. The predicted molar refractivity (Wildman–Crippen MR) is 52.0 cm³/mol. The van der Waals surface area contributed by atoms with Gasteiger partial charge < -0.3 is 9.47 Å². The lowest BCUT2D eigenvalue weighted by Crippen LogP contribution is -2.20. The van der Waals surface area contributed by atoms with E-state index in [9.17, 15) is 26.3 Å². The van der Waals surface area contributed by atoms with E-state index in [2.05, 4.69) is 14.5 Å². The van der Waals surface area contributed by atoms with Crippen molar-refractivity contribution in [3.8, 4) is 11.6 Å². The van der Waals surface area contributed by atoms with Crippen LogP contribution in [0, 0.1) is 0 Å². The molecule has 0 aliphatic carbocycles. The van der Waals surface area contributed by atoms with Gasteiger partial charge in [0.05, 0.1) is 13.0 Å². The van der Waals surface area contributed by atoms with E-state index < -0.39 is 35.7 Å². The van der Waals surface area contributed by atoms with Crippen molar-refractivity contribution in [1.82, 2.24) is 4.98 Å². The van der Waals surface area contributed by atoms with E-state index in [1.54, 1.807) is 0 Å². The SMILES string of the molecule is COc1c(CCl)cc(OC(F)(F)F)nc1C(F)(F)F. The summed E-state index contributed by atoms with van der Waals surface area (Å²) in [4.78, 5) is 2.76. The first-order chi connectivity index (χ1) is 8.58. The summed E-state index contributed by atoms with van der Waals surface area (Å²) in [6, 6.07) is 0.633. The van der Waals surface area contributed by atoms with Gasteiger partial charge in [0.2, 0.25) is 5.88 Å². The molecule has 0 N–H and O–H groups in total. The molecule has 3 nitrogen and oxygen atoms in total. The lowest BCUT2D eigenvalue weighted by atomic mass is 10.2. The Labute approximate surface area is 108 Å². The van der Waals surface area contributed by atoms with Crippen LogP contribution in [0.15, 0.2) is 6.07 Å². The lowest BCUT2D eigenvalue weighted by Gasteiger charge is -2.16. The van der Waals surface area contributed by atoms with Gasteiger partial charge in [-0.2, -0.15) is 13.2 Å². The van der Waals surface area contributed by atoms with Gasteiger partial charge in [0, 0.05) is 11.6 Å². The molecule has 0 atom stereocenters. The minimum Gasteiger partial charge on any atom is -0.494 e.